The topological polar surface area (TPSA) is 43.8 Å². The van der Waals surface area contributed by atoms with E-state index in [4.69, 9.17) is 17.3 Å². The molecule has 0 aliphatic heterocycles. The summed E-state index contributed by atoms with van der Waals surface area (Å²) >= 11 is 6.01. The van der Waals surface area contributed by atoms with E-state index >= 15 is 0 Å². The third-order valence-corrected chi connectivity index (χ3v) is 3.49. The smallest absolute Gasteiger partial charge is 0.126 e. The van der Waals surface area contributed by atoms with E-state index in [9.17, 15) is 0 Å². The van der Waals surface area contributed by atoms with E-state index in [2.05, 4.69) is 23.4 Å². The Morgan fingerprint density at radius 1 is 1.39 bits per heavy atom. The molecule has 1 atom stereocenters. The monoisotopic (exact) mass is 265 g/mol. The molecule has 1 aromatic heterocycles. The van der Waals surface area contributed by atoms with Gasteiger partial charge in [0.15, 0.2) is 0 Å². The van der Waals surface area contributed by atoms with Crippen LogP contribution in [0.15, 0.2) is 18.2 Å². The van der Waals surface area contributed by atoms with Crippen LogP contribution in [0.2, 0.25) is 5.02 Å². The Kier molecular flexibility index (Phi) is 4.25. The van der Waals surface area contributed by atoms with Gasteiger partial charge in [-0.25, -0.2) is 4.98 Å². The predicted molar refractivity (Wildman–Crippen MR) is 76.9 cm³/mol. The number of imidazole rings is 1. The minimum absolute atomic E-state index is 0.0103. The molecule has 0 bridgehead atoms. The van der Waals surface area contributed by atoms with Crippen LogP contribution in [0.25, 0.3) is 11.0 Å². The predicted octanol–water partition coefficient (Wildman–Crippen LogP) is 3.90. The van der Waals surface area contributed by atoms with Crippen molar-refractivity contribution in [3.8, 4) is 0 Å². The molecule has 18 heavy (non-hydrogen) atoms. The Labute approximate surface area is 113 Å². The molecule has 1 aromatic carbocycles. The van der Waals surface area contributed by atoms with Crippen LogP contribution in [0.3, 0.4) is 0 Å². The number of halogens is 1. The van der Waals surface area contributed by atoms with Gasteiger partial charge >= 0.3 is 0 Å². The second kappa shape index (κ2) is 5.72. The number of rotatable bonds is 5. The zero-order chi connectivity index (χ0) is 13.1. The molecule has 0 saturated heterocycles. The number of aryl methyl sites for hydroxylation is 1. The molecule has 1 unspecified atom stereocenters. The fourth-order valence-electron chi connectivity index (χ4n) is 2.29. The van der Waals surface area contributed by atoms with E-state index in [1.807, 2.05) is 18.2 Å². The first-order valence-electron chi connectivity index (χ1n) is 6.58. The molecule has 0 saturated carbocycles. The number of unbranched alkanes of at least 4 members (excludes halogenated alkanes) is 1. The number of aromatic nitrogens is 2. The Hall–Kier alpha value is -1.06. The summed E-state index contributed by atoms with van der Waals surface area (Å²) in [5, 5.41) is 0.719. The van der Waals surface area contributed by atoms with E-state index in [0.29, 0.717) is 0 Å². The van der Waals surface area contributed by atoms with Gasteiger partial charge in [0.25, 0.3) is 0 Å². The van der Waals surface area contributed by atoms with E-state index < -0.39 is 0 Å². The molecule has 0 radical (unpaired) electrons. The summed E-state index contributed by atoms with van der Waals surface area (Å²) in [5.74, 6) is 0.975. The largest absolute Gasteiger partial charge is 0.327 e. The molecular formula is C14H20ClN3. The highest BCUT2D eigenvalue weighted by atomic mass is 35.5. The summed E-state index contributed by atoms with van der Waals surface area (Å²) in [4.78, 5) is 4.65. The fourth-order valence-corrected chi connectivity index (χ4v) is 2.46. The lowest BCUT2D eigenvalue weighted by atomic mass is 10.1. The van der Waals surface area contributed by atoms with E-state index in [1.165, 1.54) is 0 Å². The molecule has 2 aromatic rings. The summed E-state index contributed by atoms with van der Waals surface area (Å²) in [7, 11) is 0. The average Bonchev–Trinajstić information content (AvgIpc) is 2.73. The highest BCUT2D eigenvalue weighted by molar-refractivity contribution is 6.31. The number of hydrogen-bond acceptors (Lipinski definition) is 2. The van der Waals surface area contributed by atoms with Crippen molar-refractivity contribution in [3.63, 3.8) is 0 Å². The lowest BCUT2D eigenvalue weighted by Gasteiger charge is -2.12. The second-order valence-electron chi connectivity index (χ2n) is 4.60. The molecular weight excluding hydrogens is 246 g/mol. The Morgan fingerprint density at radius 2 is 2.17 bits per heavy atom. The first kappa shape index (κ1) is 13.4. The van der Waals surface area contributed by atoms with Gasteiger partial charge in [-0.1, -0.05) is 31.4 Å². The molecule has 0 fully saturated rings. The Bertz CT molecular complexity index is 533. The first-order chi connectivity index (χ1) is 8.67. The van der Waals surface area contributed by atoms with Crippen molar-refractivity contribution < 1.29 is 0 Å². The number of benzene rings is 1. The molecule has 0 spiro atoms. The van der Waals surface area contributed by atoms with Gasteiger partial charge in [-0.2, -0.15) is 0 Å². The normalized spacial score (nSPS) is 13.1. The summed E-state index contributed by atoms with van der Waals surface area (Å²) in [5.41, 5.74) is 8.29. The van der Waals surface area contributed by atoms with Gasteiger partial charge in [0.2, 0.25) is 0 Å². The fraction of sp³-hybridized carbons (Fsp3) is 0.500. The Morgan fingerprint density at radius 3 is 2.83 bits per heavy atom. The van der Waals surface area contributed by atoms with Gasteiger partial charge < -0.3 is 10.3 Å². The summed E-state index contributed by atoms with van der Waals surface area (Å²) < 4.78 is 2.19. The maximum Gasteiger partial charge on any atom is 0.126 e. The van der Waals surface area contributed by atoms with Crippen LogP contribution in [0.4, 0.5) is 0 Å². The molecule has 1 heterocycles. The van der Waals surface area contributed by atoms with Gasteiger partial charge in [-0.15, -0.1) is 0 Å². The van der Waals surface area contributed by atoms with Crippen molar-refractivity contribution >= 4 is 22.6 Å². The maximum absolute atomic E-state index is 6.24. The molecule has 0 aliphatic rings. The third-order valence-electron chi connectivity index (χ3n) is 3.26. The van der Waals surface area contributed by atoms with Crippen molar-refractivity contribution in [3.05, 3.63) is 29.0 Å². The Balaban J connectivity index is 2.43. The van der Waals surface area contributed by atoms with Gasteiger partial charge in [0, 0.05) is 11.6 Å². The van der Waals surface area contributed by atoms with Crippen molar-refractivity contribution in [2.45, 2.75) is 45.7 Å². The highest BCUT2D eigenvalue weighted by Gasteiger charge is 2.15. The number of nitrogens with two attached hydrogens (primary N) is 1. The SMILES string of the molecule is CCCCC(N)c1nc2cc(Cl)ccc2n1CC. The van der Waals surface area contributed by atoms with Gasteiger partial charge in [-0.3, -0.25) is 0 Å². The first-order valence-corrected chi connectivity index (χ1v) is 6.96. The van der Waals surface area contributed by atoms with Crippen molar-refractivity contribution in [1.82, 2.24) is 9.55 Å². The molecule has 98 valence electrons. The molecule has 0 aliphatic carbocycles. The summed E-state index contributed by atoms with van der Waals surface area (Å²) in [6, 6.07) is 5.83. The highest BCUT2D eigenvalue weighted by Crippen LogP contribution is 2.24. The van der Waals surface area contributed by atoms with Crippen LogP contribution < -0.4 is 5.73 Å². The lowest BCUT2D eigenvalue weighted by molar-refractivity contribution is 0.547. The van der Waals surface area contributed by atoms with E-state index in [0.717, 1.165) is 47.7 Å². The number of hydrogen-bond donors (Lipinski definition) is 1. The van der Waals surface area contributed by atoms with Crippen LogP contribution in [0.5, 0.6) is 0 Å². The standard InChI is InChI=1S/C14H20ClN3/c1-3-5-6-11(16)14-17-12-9-10(15)7-8-13(12)18(14)4-2/h7-9,11H,3-6,16H2,1-2H3. The number of nitrogens with zero attached hydrogens (tertiary/aromatic N) is 2. The summed E-state index contributed by atoms with van der Waals surface area (Å²) in [6.45, 7) is 5.17. The van der Waals surface area contributed by atoms with Crippen LogP contribution in [0.1, 0.15) is 45.0 Å². The van der Waals surface area contributed by atoms with Gasteiger partial charge in [0.1, 0.15) is 5.82 Å². The summed E-state index contributed by atoms with van der Waals surface area (Å²) in [6.07, 6.45) is 3.27. The van der Waals surface area contributed by atoms with Crippen molar-refractivity contribution in [2.75, 3.05) is 0 Å². The molecule has 4 heteroatoms. The zero-order valence-corrected chi connectivity index (χ0v) is 11.7. The second-order valence-corrected chi connectivity index (χ2v) is 5.03. The van der Waals surface area contributed by atoms with Gasteiger partial charge in [-0.05, 0) is 31.5 Å². The molecule has 3 nitrogen and oxygen atoms in total. The maximum atomic E-state index is 6.24. The average molecular weight is 266 g/mol. The quantitative estimate of drug-likeness (QED) is 0.891. The molecule has 0 amide bonds. The number of fused-ring (bicyclic) bond motifs is 1. The molecule has 2 N–H and O–H groups in total. The van der Waals surface area contributed by atoms with Gasteiger partial charge in [0.05, 0.1) is 17.1 Å². The van der Waals surface area contributed by atoms with Crippen molar-refractivity contribution in [2.24, 2.45) is 5.73 Å². The lowest BCUT2D eigenvalue weighted by Crippen LogP contribution is -2.16. The molecule has 2 rings (SSSR count). The van der Waals surface area contributed by atoms with Crippen molar-refractivity contribution in [1.29, 1.82) is 0 Å². The minimum Gasteiger partial charge on any atom is -0.327 e. The van der Waals surface area contributed by atoms with Crippen LogP contribution in [0, 0.1) is 0 Å². The van der Waals surface area contributed by atoms with E-state index in [1.54, 1.807) is 0 Å². The third kappa shape index (κ3) is 2.52. The van der Waals surface area contributed by atoms with Crippen LogP contribution >= 0.6 is 11.6 Å². The zero-order valence-electron chi connectivity index (χ0n) is 11.0. The minimum atomic E-state index is 0.0103. The van der Waals surface area contributed by atoms with E-state index in [-0.39, 0.29) is 6.04 Å². The van der Waals surface area contributed by atoms with Crippen LogP contribution in [-0.4, -0.2) is 9.55 Å². The van der Waals surface area contributed by atoms with Crippen LogP contribution in [-0.2, 0) is 6.54 Å².